The van der Waals surface area contributed by atoms with Crippen LogP contribution in [0.25, 0.3) is 10.6 Å². The molecule has 3 rings (SSSR count). The van der Waals surface area contributed by atoms with Gasteiger partial charge in [0.2, 0.25) is 5.13 Å². The Bertz CT molecular complexity index is 710. The summed E-state index contributed by atoms with van der Waals surface area (Å²) in [5.74, 6) is 0. The van der Waals surface area contributed by atoms with Crippen LogP contribution in [0.4, 0.5) is 10.8 Å². The zero-order valence-corrected chi connectivity index (χ0v) is 11.2. The zero-order valence-electron chi connectivity index (χ0n) is 10.4. The molecule has 0 aliphatic carbocycles. The Balaban J connectivity index is 1.78. The van der Waals surface area contributed by atoms with E-state index in [1.54, 1.807) is 24.5 Å². The predicted molar refractivity (Wildman–Crippen MR) is 78.3 cm³/mol. The second-order valence-electron chi connectivity index (χ2n) is 4.01. The van der Waals surface area contributed by atoms with E-state index in [9.17, 15) is 4.79 Å². The Labute approximate surface area is 119 Å². The van der Waals surface area contributed by atoms with Crippen molar-refractivity contribution >= 4 is 28.4 Å². The highest BCUT2D eigenvalue weighted by molar-refractivity contribution is 7.18. The number of aldehydes is 1. The number of nitrogens with zero attached hydrogens (tertiary/aromatic N) is 3. The second kappa shape index (κ2) is 5.58. The van der Waals surface area contributed by atoms with Gasteiger partial charge in [0, 0.05) is 29.2 Å². The van der Waals surface area contributed by atoms with Crippen LogP contribution in [-0.4, -0.2) is 21.5 Å². The van der Waals surface area contributed by atoms with Crippen LogP contribution in [0.1, 0.15) is 10.4 Å². The van der Waals surface area contributed by atoms with Crippen molar-refractivity contribution < 1.29 is 4.79 Å². The first-order chi connectivity index (χ1) is 9.85. The highest BCUT2D eigenvalue weighted by atomic mass is 32.1. The third kappa shape index (κ3) is 2.70. The van der Waals surface area contributed by atoms with Gasteiger partial charge < -0.3 is 5.32 Å². The summed E-state index contributed by atoms with van der Waals surface area (Å²) in [5.41, 5.74) is 2.50. The SMILES string of the molecule is O=Cc1ccc(Nc2nnc(-c3ccncc3)s2)cc1. The Morgan fingerprint density at radius 3 is 2.45 bits per heavy atom. The summed E-state index contributed by atoms with van der Waals surface area (Å²) in [6.07, 6.45) is 4.26. The Morgan fingerprint density at radius 1 is 1.00 bits per heavy atom. The highest BCUT2D eigenvalue weighted by Gasteiger charge is 2.06. The number of carbonyl (C=O) groups is 1. The standard InChI is InChI=1S/C14H10N4OS/c19-9-10-1-3-12(4-2-10)16-14-18-17-13(20-14)11-5-7-15-8-6-11/h1-9H,(H,16,18). The summed E-state index contributed by atoms with van der Waals surface area (Å²) in [4.78, 5) is 14.6. The van der Waals surface area contributed by atoms with Gasteiger partial charge in [-0.05, 0) is 36.4 Å². The summed E-state index contributed by atoms with van der Waals surface area (Å²) in [6.45, 7) is 0. The molecule has 0 radical (unpaired) electrons. The summed E-state index contributed by atoms with van der Waals surface area (Å²) in [7, 11) is 0. The zero-order chi connectivity index (χ0) is 13.8. The van der Waals surface area contributed by atoms with Crippen LogP contribution < -0.4 is 5.32 Å². The first kappa shape index (κ1) is 12.4. The lowest BCUT2D eigenvalue weighted by molar-refractivity contribution is 0.112. The van der Waals surface area contributed by atoms with Crippen LogP contribution >= 0.6 is 11.3 Å². The third-order valence-corrected chi connectivity index (χ3v) is 3.54. The topological polar surface area (TPSA) is 67.8 Å². The Kier molecular flexibility index (Phi) is 3.47. The average Bonchev–Trinajstić information content (AvgIpc) is 2.97. The number of aromatic nitrogens is 3. The quantitative estimate of drug-likeness (QED) is 0.744. The maximum atomic E-state index is 10.6. The molecule has 0 unspecified atom stereocenters. The van der Waals surface area contributed by atoms with E-state index in [4.69, 9.17) is 0 Å². The lowest BCUT2D eigenvalue weighted by Crippen LogP contribution is -1.89. The number of carbonyl (C=O) groups excluding carboxylic acids is 1. The molecule has 20 heavy (non-hydrogen) atoms. The lowest BCUT2D eigenvalue weighted by Gasteiger charge is -2.00. The van der Waals surface area contributed by atoms with E-state index in [0.29, 0.717) is 10.7 Å². The van der Waals surface area contributed by atoms with Gasteiger partial charge in [0.25, 0.3) is 0 Å². The van der Waals surface area contributed by atoms with Crippen molar-refractivity contribution in [2.75, 3.05) is 5.32 Å². The molecule has 2 heterocycles. The molecule has 0 atom stereocenters. The second-order valence-corrected chi connectivity index (χ2v) is 4.99. The molecular weight excluding hydrogens is 272 g/mol. The number of rotatable bonds is 4. The van der Waals surface area contributed by atoms with E-state index in [2.05, 4.69) is 20.5 Å². The van der Waals surface area contributed by atoms with Gasteiger partial charge in [-0.15, -0.1) is 10.2 Å². The van der Waals surface area contributed by atoms with Crippen molar-refractivity contribution in [1.29, 1.82) is 0 Å². The van der Waals surface area contributed by atoms with Crippen LogP contribution in [0.15, 0.2) is 48.8 Å². The Morgan fingerprint density at radius 2 is 1.75 bits per heavy atom. The van der Waals surface area contributed by atoms with Gasteiger partial charge in [-0.25, -0.2) is 0 Å². The monoisotopic (exact) mass is 282 g/mol. The lowest BCUT2D eigenvalue weighted by atomic mass is 10.2. The molecule has 0 saturated carbocycles. The number of hydrogen-bond donors (Lipinski definition) is 1. The fourth-order valence-corrected chi connectivity index (χ4v) is 2.42. The van der Waals surface area contributed by atoms with Crippen LogP contribution in [0.2, 0.25) is 0 Å². The molecule has 98 valence electrons. The van der Waals surface area contributed by atoms with E-state index >= 15 is 0 Å². The molecule has 5 nitrogen and oxygen atoms in total. The summed E-state index contributed by atoms with van der Waals surface area (Å²) >= 11 is 1.46. The summed E-state index contributed by atoms with van der Waals surface area (Å²) < 4.78 is 0. The van der Waals surface area contributed by atoms with E-state index < -0.39 is 0 Å². The van der Waals surface area contributed by atoms with Crippen molar-refractivity contribution in [2.45, 2.75) is 0 Å². The highest BCUT2D eigenvalue weighted by Crippen LogP contribution is 2.27. The molecule has 1 N–H and O–H groups in total. The average molecular weight is 282 g/mol. The minimum atomic E-state index is 0.644. The largest absolute Gasteiger partial charge is 0.330 e. The van der Waals surface area contributed by atoms with Crippen molar-refractivity contribution in [2.24, 2.45) is 0 Å². The maximum Gasteiger partial charge on any atom is 0.210 e. The molecule has 0 aliphatic rings. The number of benzene rings is 1. The molecule has 2 aromatic heterocycles. The summed E-state index contributed by atoms with van der Waals surface area (Å²) in [6, 6.07) is 10.9. The molecule has 0 amide bonds. The van der Waals surface area contributed by atoms with E-state index in [1.807, 2.05) is 24.3 Å². The molecular formula is C14H10N4OS. The molecule has 0 spiro atoms. The maximum absolute atomic E-state index is 10.6. The van der Waals surface area contributed by atoms with Gasteiger partial charge in [0.05, 0.1) is 0 Å². The van der Waals surface area contributed by atoms with Crippen molar-refractivity contribution in [3.63, 3.8) is 0 Å². The van der Waals surface area contributed by atoms with Crippen LogP contribution in [-0.2, 0) is 0 Å². The van der Waals surface area contributed by atoms with Gasteiger partial charge in [-0.2, -0.15) is 0 Å². The molecule has 0 fully saturated rings. The first-order valence-corrected chi connectivity index (χ1v) is 6.73. The molecule has 0 bridgehead atoms. The summed E-state index contributed by atoms with van der Waals surface area (Å²) in [5, 5.41) is 12.9. The first-order valence-electron chi connectivity index (χ1n) is 5.91. The Hall–Kier alpha value is -2.60. The van der Waals surface area contributed by atoms with Crippen molar-refractivity contribution in [3.05, 3.63) is 54.4 Å². The number of hydrogen-bond acceptors (Lipinski definition) is 6. The minimum absolute atomic E-state index is 0.644. The predicted octanol–water partition coefficient (Wildman–Crippen LogP) is 3.16. The van der Waals surface area contributed by atoms with Gasteiger partial charge >= 0.3 is 0 Å². The van der Waals surface area contributed by atoms with Gasteiger partial charge in [0.1, 0.15) is 11.3 Å². The fourth-order valence-electron chi connectivity index (χ4n) is 1.65. The van der Waals surface area contributed by atoms with E-state index in [-0.39, 0.29) is 0 Å². The normalized spacial score (nSPS) is 10.2. The van der Waals surface area contributed by atoms with Gasteiger partial charge in [-0.3, -0.25) is 9.78 Å². The van der Waals surface area contributed by atoms with Gasteiger partial charge in [-0.1, -0.05) is 11.3 Å². The van der Waals surface area contributed by atoms with Gasteiger partial charge in [0.15, 0.2) is 0 Å². The molecule has 3 aromatic rings. The number of anilines is 2. The van der Waals surface area contributed by atoms with Crippen LogP contribution in [0.3, 0.4) is 0 Å². The molecule has 6 heteroatoms. The molecule has 1 aromatic carbocycles. The molecule has 0 saturated heterocycles. The minimum Gasteiger partial charge on any atom is -0.330 e. The van der Waals surface area contributed by atoms with Crippen molar-refractivity contribution in [1.82, 2.24) is 15.2 Å². The third-order valence-electron chi connectivity index (χ3n) is 2.65. The fraction of sp³-hybridized carbons (Fsp3) is 0. The van der Waals surface area contributed by atoms with Crippen LogP contribution in [0, 0.1) is 0 Å². The van der Waals surface area contributed by atoms with Crippen molar-refractivity contribution in [3.8, 4) is 10.6 Å². The number of pyridine rings is 1. The smallest absolute Gasteiger partial charge is 0.210 e. The molecule has 0 aliphatic heterocycles. The van der Waals surface area contributed by atoms with Crippen LogP contribution in [0.5, 0.6) is 0 Å². The van der Waals surface area contributed by atoms with E-state index in [1.165, 1.54) is 11.3 Å². The van der Waals surface area contributed by atoms with E-state index in [0.717, 1.165) is 22.5 Å². The number of nitrogens with one attached hydrogen (secondary N) is 1.